The molecular weight excluding hydrogens is 266 g/mol. The first-order valence-corrected chi connectivity index (χ1v) is 7.59. The molecule has 0 saturated carbocycles. The molecule has 0 heterocycles. The predicted octanol–water partition coefficient (Wildman–Crippen LogP) is 3.20. The molecule has 1 atom stereocenters. The summed E-state index contributed by atoms with van der Waals surface area (Å²) in [6.45, 7) is 7.58. The van der Waals surface area contributed by atoms with E-state index in [1.54, 1.807) is 7.11 Å². The SMILES string of the molecule is CCCN(CCC)C(C)(Cc1ccc(OC)cc1)C(=O)O. The zero-order valence-electron chi connectivity index (χ0n) is 13.6. The van der Waals surface area contributed by atoms with Crippen molar-refractivity contribution in [2.45, 2.75) is 45.6 Å². The monoisotopic (exact) mass is 293 g/mol. The number of carboxylic acids is 1. The topological polar surface area (TPSA) is 49.8 Å². The minimum absolute atomic E-state index is 0.492. The smallest absolute Gasteiger partial charge is 0.324 e. The van der Waals surface area contributed by atoms with Crippen LogP contribution in [-0.2, 0) is 11.2 Å². The van der Waals surface area contributed by atoms with Gasteiger partial charge >= 0.3 is 5.97 Å². The van der Waals surface area contributed by atoms with Crippen LogP contribution in [0.15, 0.2) is 24.3 Å². The van der Waals surface area contributed by atoms with Gasteiger partial charge in [0.2, 0.25) is 0 Å². The molecule has 0 aliphatic carbocycles. The van der Waals surface area contributed by atoms with Crippen LogP contribution < -0.4 is 4.74 Å². The van der Waals surface area contributed by atoms with Crippen LogP contribution in [0.4, 0.5) is 0 Å². The first-order valence-electron chi connectivity index (χ1n) is 7.59. The molecule has 0 radical (unpaired) electrons. The molecule has 0 aliphatic heterocycles. The molecule has 0 aliphatic rings. The maximum atomic E-state index is 11.9. The molecule has 1 aromatic carbocycles. The fourth-order valence-electron chi connectivity index (χ4n) is 2.61. The van der Waals surface area contributed by atoms with E-state index in [2.05, 4.69) is 18.7 Å². The average Bonchev–Trinajstić information content (AvgIpc) is 2.47. The molecule has 1 unspecified atom stereocenters. The first kappa shape index (κ1) is 17.5. The van der Waals surface area contributed by atoms with E-state index in [0.29, 0.717) is 6.42 Å². The summed E-state index contributed by atoms with van der Waals surface area (Å²) in [6.07, 6.45) is 2.39. The van der Waals surface area contributed by atoms with Crippen LogP contribution in [0.5, 0.6) is 5.75 Å². The Balaban J connectivity index is 2.99. The molecule has 0 aromatic heterocycles. The van der Waals surface area contributed by atoms with Crippen LogP contribution >= 0.6 is 0 Å². The number of nitrogens with zero attached hydrogens (tertiary/aromatic N) is 1. The van der Waals surface area contributed by atoms with Gasteiger partial charge in [-0.2, -0.15) is 0 Å². The minimum Gasteiger partial charge on any atom is -0.497 e. The summed E-state index contributed by atoms with van der Waals surface area (Å²) in [6, 6.07) is 7.63. The molecule has 0 amide bonds. The van der Waals surface area contributed by atoms with Crippen LogP contribution in [-0.4, -0.2) is 41.7 Å². The van der Waals surface area contributed by atoms with E-state index in [9.17, 15) is 9.90 Å². The maximum absolute atomic E-state index is 11.9. The summed E-state index contributed by atoms with van der Waals surface area (Å²) in [5.74, 6) is 0.0231. The van der Waals surface area contributed by atoms with E-state index in [0.717, 1.165) is 37.2 Å². The van der Waals surface area contributed by atoms with E-state index in [1.807, 2.05) is 31.2 Å². The van der Waals surface area contributed by atoms with Gasteiger partial charge in [0.25, 0.3) is 0 Å². The Hall–Kier alpha value is -1.55. The Labute approximate surface area is 127 Å². The molecule has 0 saturated heterocycles. The number of carbonyl (C=O) groups is 1. The third-order valence-corrected chi connectivity index (χ3v) is 3.85. The van der Waals surface area contributed by atoms with Gasteiger partial charge in [0.1, 0.15) is 11.3 Å². The number of methoxy groups -OCH3 is 1. The second kappa shape index (κ2) is 8.03. The van der Waals surface area contributed by atoms with Crippen molar-refractivity contribution in [1.82, 2.24) is 4.90 Å². The average molecular weight is 293 g/mol. The van der Waals surface area contributed by atoms with Gasteiger partial charge in [0, 0.05) is 6.42 Å². The summed E-state index contributed by atoms with van der Waals surface area (Å²) in [7, 11) is 1.63. The highest BCUT2D eigenvalue weighted by Crippen LogP contribution is 2.24. The summed E-state index contributed by atoms with van der Waals surface area (Å²) in [5, 5.41) is 9.75. The van der Waals surface area contributed by atoms with Crippen molar-refractivity contribution >= 4 is 5.97 Å². The molecule has 0 fully saturated rings. The Bertz CT molecular complexity index is 438. The van der Waals surface area contributed by atoms with Crippen molar-refractivity contribution in [3.05, 3.63) is 29.8 Å². The normalized spacial score (nSPS) is 14.0. The molecule has 0 bridgehead atoms. The number of hydrogen-bond donors (Lipinski definition) is 1. The van der Waals surface area contributed by atoms with E-state index in [-0.39, 0.29) is 0 Å². The molecular formula is C17H27NO3. The number of ether oxygens (including phenoxy) is 1. The fraction of sp³-hybridized carbons (Fsp3) is 0.588. The predicted molar refractivity (Wildman–Crippen MR) is 84.9 cm³/mol. The molecule has 1 aromatic rings. The fourth-order valence-corrected chi connectivity index (χ4v) is 2.61. The molecule has 118 valence electrons. The zero-order chi connectivity index (χ0) is 15.9. The van der Waals surface area contributed by atoms with Gasteiger partial charge < -0.3 is 9.84 Å². The lowest BCUT2D eigenvalue weighted by Gasteiger charge is -2.38. The number of benzene rings is 1. The first-order chi connectivity index (χ1) is 9.97. The lowest BCUT2D eigenvalue weighted by Crippen LogP contribution is -2.54. The van der Waals surface area contributed by atoms with Crippen LogP contribution in [0.3, 0.4) is 0 Å². The third-order valence-electron chi connectivity index (χ3n) is 3.85. The Morgan fingerprint density at radius 2 is 1.71 bits per heavy atom. The highest BCUT2D eigenvalue weighted by Gasteiger charge is 2.38. The van der Waals surface area contributed by atoms with Gasteiger partial charge in [-0.05, 0) is 50.6 Å². The van der Waals surface area contributed by atoms with Gasteiger partial charge in [-0.1, -0.05) is 26.0 Å². The lowest BCUT2D eigenvalue weighted by molar-refractivity contribution is -0.150. The lowest BCUT2D eigenvalue weighted by atomic mass is 9.90. The van der Waals surface area contributed by atoms with E-state index in [4.69, 9.17) is 4.74 Å². The molecule has 4 heteroatoms. The maximum Gasteiger partial charge on any atom is 0.324 e. The number of hydrogen-bond acceptors (Lipinski definition) is 3. The van der Waals surface area contributed by atoms with Gasteiger partial charge in [-0.15, -0.1) is 0 Å². The Kier molecular flexibility index (Phi) is 6.69. The molecule has 1 rings (SSSR count). The van der Waals surface area contributed by atoms with Gasteiger partial charge in [0.15, 0.2) is 0 Å². The highest BCUT2D eigenvalue weighted by atomic mass is 16.5. The number of carboxylic acid groups (broad SMARTS) is 1. The van der Waals surface area contributed by atoms with Crippen molar-refractivity contribution < 1.29 is 14.6 Å². The van der Waals surface area contributed by atoms with Crippen molar-refractivity contribution in [2.24, 2.45) is 0 Å². The van der Waals surface area contributed by atoms with Crippen molar-refractivity contribution in [3.63, 3.8) is 0 Å². The summed E-state index contributed by atoms with van der Waals surface area (Å²) < 4.78 is 5.14. The van der Waals surface area contributed by atoms with Crippen LogP contribution in [0.1, 0.15) is 39.2 Å². The minimum atomic E-state index is -0.874. The van der Waals surface area contributed by atoms with Crippen molar-refractivity contribution in [3.8, 4) is 5.75 Å². The van der Waals surface area contributed by atoms with Crippen molar-refractivity contribution in [1.29, 1.82) is 0 Å². The summed E-state index contributed by atoms with van der Waals surface area (Å²) >= 11 is 0. The summed E-state index contributed by atoms with van der Waals surface area (Å²) in [4.78, 5) is 14.0. The van der Waals surface area contributed by atoms with Crippen LogP contribution in [0.25, 0.3) is 0 Å². The molecule has 21 heavy (non-hydrogen) atoms. The highest BCUT2D eigenvalue weighted by molar-refractivity contribution is 5.78. The second-order valence-electron chi connectivity index (χ2n) is 5.59. The van der Waals surface area contributed by atoms with E-state index in [1.165, 1.54) is 0 Å². The van der Waals surface area contributed by atoms with Crippen LogP contribution in [0, 0.1) is 0 Å². The third kappa shape index (κ3) is 4.46. The Morgan fingerprint density at radius 1 is 1.19 bits per heavy atom. The van der Waals surface area contributed by atoms with E-state index >= 15 is 0 Å². The standard InChI is InChI=1S/C17H27NO3/c1-5-11-18(12-6-2)17(3,16(19)20)13-14-7-9-15(21-4)10-8-14/h7-10H,5-6,11-13H2,1-4H3,(H,19,20). The van der Waals surface area contributed by atoms with Gasteiger partial charge in [-0.25, -0.2) is 0 Å². The largest absolute Gasteiger partial charge is 0.497 e. The summed E-state index contributed by atoms with van der Waals surface area (Å²) in [5.41, 5.74) is 0.138. The quantitative estimate of drug-likeness (QED) is 0.759. The number of aliphatic carboxylic acids is 1. The van der Waals surface area contributed by atoms with E-state index < -0.39 is 11.5 Å². The van der Waals surface area contributed by atoms with Crippen molar-refractivity contribution in [2.75, 3.05) is 20.2 Å². The Morgan fingerprint density at radius 3 is 2.10 bits per heavy atom. The molecule has 1 N–H and O–H groups in total. The molecule has 4 nitrogen and oxygen atoms in total. The van der Waals surface area contributed by atoms with Gasteiger partial charge in [0.05, 0.1) is 7.11 Å². The second-order valence-corrected chi connectivity index (χ2v) is 5.59. The van der Waals surface area contributed by atoms with Crippen LogP contribution in [0.2, 0.25) is 0 Å². The molecule has 0 spiro atoms. The van der Waals surface area contributed by atoms with Gasteiger partial charge in [-0.3, -0.25) is 9.69 Å². The zero-order valence-corrected chi connectivity index (χ0v) is 13.6. The number of rotatable bonds is 9.